The highest BCUT2D eigenvalue weighted by Gasteiger charge is 2.17. The number of hydrogen-bond acceptors (Lipinski definition) is 4. The van der Waals surface area contributed by atoms with E-state index in [2.05, 4.69) is 10.2 Å². The normalized spacial score (nSPS) is 12.5. The lowest BCUT2D eigenvalue weighted by Gasteiger charge is -2.06. The first-order chi connectivity index (χ1) is 8.52. The van der Waals surface area contributed by atoms with Gasteiger partial charge in [0, 0.05) is 12.8 Å². The molecule has 1 aromatic rings. The predicted molar refractivity (Wildman–Crippen MR) is 63.4 cm³/mol. The Hall–Kier alpha value is -2.24. The van der Waals surface area contributed by atoms with Crippen LogP contribution in [0.1, 0.15) is 18.9 Å². The zero-order chi connectivity index (χ0) is 13.5. The molecule has 1 aromatic carbocycles. The van der Waals surface area contributed by atoms with Crippen molar-refractivity contribution in [3.8, 4) is 5.75 Å². The minimum atomic E-state index is -1.14. The van der Waals surface area contributed by atoms with Crippen LogP contribution in [-0.2, 0) is 16.0 Å². The molecule has 1 atom stereocenters. The number of phenolic OH excluding ortho intramolecular Hbond substituents is 1. The second kappa shape index (κ2) is 6.48. The van der Waals surface area contributed by atoms with Crippen LogP contribution in [0.15, 0.2) is 34.5 Å². The molecule has 2 N–H and O–H groups in total. The van der Waals surface area contributed by atoms with Crippen molar-refractivity contribution in [2.24, 2.45) is 10.2 Å². The van der Waals surface area contributed by atoms with Gasteiger partial charge in [-0.2, -0.15) is 5.11 Å². The summed E-state index contributed by atoms with van der Waals surface area (Å²) >= 11 is 0. The number of rotatable bonds is 5. The highest BCUT2D eigenvalue weighted by molar-refractivity contribution is 5.77. The Bertz CT molecular complexity index is 454. The van der Waals surface area contributed by atoms with Crippen LogP contribution in [0.3, 0.4) is 0 Å². The molecular weight excluding hydrogens is 236 g/mol. The molecule has 6 heteroatoms. The monoisotopic (exact) mass is 250 g/mol. The Kier molecular flexibility index (Phi) is 4.98. The van der Waals surface area contributed by atoms with E-state index in [1.54, 1.807) is 19.1 Å². The maximum Gasteiger partial charge on any atom is 0.330 e. The van der Waals surface area contributed by atoms with Crippen molar-refractivity contribution in [2.75, 3.05) is 0 Å². The fourth-order valence-electron chi connectivity index (χ4n) is 1.24. The lowest BCUT2D eigenvalue weighted by Crippen LogP contribution is -2.20. The molecule has 0 aliphatic heterocycles. The number of carbonyl (C=O) groups excluding carboxylic acids is 1. The average Bonchev–Trinajstić information content (AvgIpc) is 2.35. The van der Waals surface area contributed by atoms with Crippen LogP contribution in [0.5, 0.6) is 5.75 Å². The van der Waals surface area contributed by atoms with Gasteiger partial charge >= 0.3 is 5.97 Å². The summed E-state index contributed by atoms with van der Waals surface area (Å²) in [6, 6.07) is 5.03. The molecule has 0 aromatic heterocycles. The minimum Gasteiger partial charge on any atom is -0.508 e. The number of benzene rings is 1. The van der Waals surface area contributed by atoms with E-state index >= 15 is 0 Å². The molecule has 0 bridgehead atoms. The van der Waals surface area contributed by atoms with Crippen LogP contribution >= 0.6 is 0 Å². The fourth-order valence-corrected chi connectivity index (χ4v) is 1.24. The SMILES string of the molecule is CCC(=O)N=NC(Cc1ccc(O)cc1)C(=O)O. The average molecular weight is 250 g/mol. The van der Waals surface area contributed by atoms with E-state index in [0.29, 0.717) is 5.56 Å². The Balaban J connectivity index is 2.75. The Morgan fingerprint density at radius 3 is 2.39 bits per heavy atom. The van der Waals surface area contributed by atoms with Gasteiger partial charge in [-0.05, 0) is 17.7 Å². The molecule has 96 valence electrons. The predicted octanol–water partition coefficient (Wildman–Crippen LogP) is 1.78. The molecule has 0 spiro atoms. The summed E-state index contributed by atoms with van der Waals surface area (Å²) in [7, 11) is 0. The lowest BCUT2D eigenvalue weighted by molar-refractivity contribution is -0.138. The molecule has 6 nitrogen and oxygen atoms in total. The first-order valence-electron chi connectivity index (χ1n) is 5.47. The summed E-state index contributed by atoms with van der Waals surface area (Å²) < 4.78 is 0. The number of carbonyl (C=O) groups is 2. The summed E-state index contributed by atoms with van der Waals surface area (Å²) in [4.78, 5) is 21.9. The fraction of sp³-hybridized carbons (Fsp3) is 0.333. The van der Waals surface area contributed by atoms with Gasteiger partial charge in [0.05, 0.1) is 0 Å². The van der Waals surface area contributed by atoms with Gasteiger partial charge in [-0.25, -0.2) is 4.79 Å². The van der Waals surface area contributed by atoms with Crippen molar-refractivity contribution in [1.82, 2.24) is 0 Å². The number of aromatic hydroxyl groups is 1. The van der Waals surface area contributed by atoms with Crippen molar-refractivity contribution >= 4 is 11.9 Å². The van der Waals surface area contributed by atoms with E-state index in [0.717, 1.165) is 0 Å². The minimum absolute atomic E-state index is 0.105. The Morgan fingerprint density at radius 2 is 1.89 bits per heavy atom. The highest BCUT2D eigenvalue weighted by atomic mass is 16.4. The van der Waals surface area contributed by atoms with E-state index in [9.17, 15) is 9.59 Å². The third-order valence-electron chi connectivity index (χ3n) is 2.26. The molecule has 0 heterocycles. The summed E-state index contributed by atoms with van der Waals surface area (Å²) in [5.74, 6) is -1.49. The smallest absolute Gasteiger partial charge is 0.330 e. The van der Waals surface area contributed by atoms with Crippen molar-refractivity contribution in [3.63, 3.8) is 0 Å². The van der Waals surface area contributed by atoms with Crippen molar-refractivity contribution in [1.29, 1.82) is 0 Å². The number of carboxylic acids is 1. The number of carboxylic acid groups (broad SMARTS) is 1. The van der Waals surface area contributed by atoms with E-state index in [-0.39, 0.29) is 18.6 Å². The highest BCUT2D eigenvalue weighted by Crippen LogP contribution is 2.12. The topological polar surface area (TPSA) is 99.3 Å². The number of aliphatic carboxylic acids is 1. The van der Waals surface area contributed by atoms with Crippen LogP contribution < -0.4 is 0 Å². The van der Waals surface area contributed by atoms with Gasteiger partial charge in [0.2, 0.25) is 0 Å². The van der Waals surface area contributed by atoms with Gasteiger partial charge in [0.25, 0.3) is 5.91 Å². The van der Waals surface area contributed by atoms with E-state index in [4.69, 9.17) is 10.2 Å². The number of nitrogens with zero attached hydrogens (tertiary/aromatic N) is 2. The first-order valence-corrected chi connectivity index (χ1v) is 5.47. The van der Waals surface area contributed by atoms with Gasteiger partial charge in [-0.1, -0.05) is 19.1 Å². The number of azo groups is 1. The lowest BCUT2D eigenvalue weighted by atomic mass is 10.1. The summed E-state index contributed by atoms with van der Waals surface area (Å²) in [6.45, 7) is 1.62. The molecule has 0 fully saturated rings. The third-order valence-corrected chi connectivity index (χ3v) is 2.26. The van der Waals surface area contributed by atoms with Crippen molar-refractivity contribution in [2.45, 2.75) is 25.8 Å². The second-order valence-electron chi connectivity index (χ2n) is 3.69. The summed E-state index contributed by atoms with van der Waals surface area (Å²) in [5.41, 5.74) is 0.697. The van der Waals surface area contributed by atoms with Gasteiger partial charge < -0.3 is 10.2 Å². The van der Waals surface area contributed by atoms with Crippen molar-refractivity contribution < 1.29 is 19.8 Å². The number of amides is 1. The van der Waals surface area contributed by atoms with Crippen LogP contribution in [-0.4, -0.2) is 28.1 Å². The van der Waals surface area contributed by atoms with Gasteiger partial charge in [0.15, 0.2) is 6.04 Å². The van der Waals surface area contributed by atoms with Gasteiger partial charge in [-0.15, -0.1) is 5.11 Å². The van der Waals surface area contributed by atoms with E-state index in [1.807, 2.05) is 0 Å². The van der Waals surface area contributed by atoms with Crippen LogP contribution in [0, 0.1) is 0 Å². The molecule has 1 rings (SSSR count). The van der Waals surface area contributed by atoms with Gasteiger partial charge in [-0.3, -0.25) is 4.79 Å². The van der Waals surface area contributed by atoms with E-state index < -0.39 is 17.9 Å². The molecule has 0 saturated heterocycles. The quantitative estimate of drug-likeness (QED) is 0.778. The van der Waals surface area contributed by atoms with Crippen LogP contribution in [0.4, 0.5) is 0 Å². The standard InChI is InChI=1S/C12H14N2O4/c1-2-11(16)14-13-10(12(17)18)7-8-3-5-9(15)6-4-8/h3-6,10,15H,2,7H2,1H3,(H,17,18). The molecule has 0 saturated carbocycles. The molecule has 0 radical (unpaired) electrons. The molecule has 1 unspecified atom stereocenters. The molecular formula is C12H14N2O4. The Morgan fingerprint density at radius 1 is 1.28 bits per heavy atom. The first kappa shape index (κ1) is 13.8. The maximum absolute atomic E-state index is 11.0. The zero-order valence-corrected chi connectivity index (χ0v) is 9.91. The molecule has 1 amide bonds. The molecule has 0 aliphatic rings. The summed E-state index contributed by atoms with van der Waals surface area (Å²) in [6.07, 6.45) is 0.311. The van der Waals surface area contributed by atoms with E-state index in [1.165, 1.54) is 12.1 Å². The van der Waals surface area contributed by atoms with Crippen LogP contribution in [0.25, 0.3) is 0 Å². The maximum atomic E-state index is 11.0. The largest absolute Gasteiger partial charge is 0.508 e. The van der Waals surface area contributed by atoms with Crippen molar-refractivity contribution in [3.05, 3.63) is 29.8 Å². The zero-order valence-electron chi connectivity index (χ0n) is 9.91. The van der Waals surface area contributed by atoms with Gasteiger partial charge in [0.1, 0.15) is 5.75 Å². The summed E-state index contributed by atoms with van der Waals surface area (Å²) in [5, 5.41) is 24.9. The molecule has 18 heavy (non-hydrogen) atoms. The third kappa shape index (κ3) is 4.32. The Labute approximate surface area is 104 Å². The number of phenols is 1. The molecule has 0 aliphatic carbocycles. The van der Waals surface area contributed by atoms with Crippen LogP contribution in [0.2, 0.25) is 0 Å². The number of hydrogen-bond donors (Lipinski definition) is 2. The second-order valence-corrected chi connectivity index (χ2v) is 3.69.